The first-order valence-electron chi connectivity index (χ1n) is 14.8. The monoisotopic (exact) mass is 542 g/mol. The Morgan fingerprint density at radius 1 is 0.800 bits per heavy atom. The summed E-state index contributed by atoms with van der Waals surface area (Å²) in [5.41, 5.74) is 5.20. The van der Waals surface area contributed by atoms with Gasteiger partial charge in [0.1, 0.15) is 12.4 Å². The zero-order valence-corrected chi connectivity index (χ0v) is 23.4. The third-order valence-electron chi connectivity index (χ3n) is 8.22. The second kappa shape index (κ2) is 15.3. The van der Waals surface area contributed by atoms with Gasteiger partial charge in [0.05, 0.1) is 5.56 Å². The van der Waals surface area contributed by atoms with Gasteiger partial charge in [-0.2, -0.15) is 0 Å². The minimum Gasteiger partial charge on any atom is -0.489 e. The summed E-state index contributed by atoms with van der Waals surface area (Å²) in [6, 6.07) is 24.3. The van der Waals surface area contributed by atoms with Gasteiger partial charge < -0.3 is 14.9 Å². The van der Waals surface area contributed by atoms with Crippen LogP contribution in [-0.2, 0) is 24.2 Å². The molecule has 1 fully saturated rings. The molecule has 0 bridgehead atoms. The fourth-order valence-electron chi connectivity index (χ4n) is 5.87. The Hall–Kier alpha value is -3.60. The van der Waals surface area contributed by atoms with Crippen LogP contribution in [0.3, 0.4) is 0 Å². The van der Waals surface area contributed by atoms with Gasteiger partial charge in [-0.25, -0.2) is 4.79 Å². The molecule has 0 heterocycles. The number of para-hydroxylation sites is 1. The van der Waals surface area contributed by atoms with Crippen molar-refractivity contribution in [3.05, 3.63) is 101 Å². The van der Waals surface area contributed by atoms with E-state index in [0.717, 1.165) is 43.4 Å². The second-order valence-corrected chi connectivity index (χ2v) is 11.2. The number of benzene rings is 3. The van der Waals surface area contributed by atoms with Gasteiger partial charge in [-0.05, 0) is 90.8 Å². The number of carboxylic acids is 2. The van der Waals surface area contributed by atoms with E-state index in [1.807, 2.05) is 30.3 Å². The Bertz CT molecular complexity index is 1210. The van der Waals surface area contributed by atoms with Gasteiger partial charge in [0.25, 0.3) is 0 Å². The number of carboxylic acid groups (broad SMARTS) is 2. The van der Waals surface area contributed by atoms with Gasteiger partial charge in [-0.3, -0.25) is 4.79 Å². The molecular weight excluding hydrogens is 500 g/mol. The Morgan fingerprint density at radius 2 is 1.50 bits per heavy atom. The van der Waals surface area contributed by atoms with Crippen LogP contribution in [0.2, 0.25) is 0 Å². The fourth-order valence-corrected chi connectivity index (χ4v) is 5.87. The van der Waals surface area contributed by atoms with Crippen LogP contribution in [0.25, 0.3) is 0 Å². The quantitative estimate of drug-likeness (QED) is 0.188. The number of aliphatic carboxylic acids is 1. The Kier molecular flexibility index (Phi) is 11.2. The molecule has 0 aliphatic heterocycles. The first-order chi connectivity index (χ1) is 19.5. The van der Waals surface area contributed by atoms with E-state index in [-0.39, 0.29) is 12.0 Å². The zero-order chi connectivity index (χ0) is 28.2. The molecule has 0 spiro atoms. The maximum atomic E-state index is 11.2. The standard InChI is InChI=1S/C35H42O5/c36-34(37)13-7-4-8-26(24-27-15-22-32(23-16-27)35(38)39)14-21-31-11-5-6-12-33(31)40-25-28-17-19-30(20-18-28)29-9-2-1-3-10-29/h5-6,11-12,15-20,22-23,26,29H,1-4,7-10,13-14,21,24-25H2,(H,36,37)(H,38,39)/t26-/m0/s1. The van der Waals surface area contributed by atoms with Gasteiger partial charge in [0.2, 0.25) is 0 Å². The highest BCUT2D eigenvalue weighted by atomic mass is 16.5. The van der Waals surface area contributed by atoms with Crippen LogP contribution in [0, 0.1) is 5.92 Å². The van der Waals surface area contributed by atoms with Crippen molar-refractivity contribution in [3.8, 4) is 5.75 Å². The summed E-state index contributed by atoms with van der Waals surface area (Å²) in [6.07, 6.45) is 12.0. The van der Waals surface area contributed by atoms with Crippen LogP contribution in [0.15, 0.2) is 72.8 Å². The van der Waals surface area contributed by atoms with Crippen LogP contribution in [-0.4, -0.2) is 22.2 Å². The van der Waals surface area contributed by atoms with Crippen molar-refractivity contribution in [1.29, 1.82) is 0 Å². The lowest BCUT2D eigenvalue weighted by Gasteiger charge is -2.22. The number of rotatable bonds is 15. The zero-order valence-electron chi connectivity index (χ0n) is 23.4. The number of aromatic carboxylic acids is 1. The van der Waals surface area contributed by atoms with Crippen molar-refractivity contribution in [1.82, 2.24) is 0 Å². The molecule has 0 aromatic heterocycles. The van der Waals surface area contributed by atoms with E-state index in [9.17, 15) is 14.7 Å². The van der Waals surface area contributed by atoms with Gasteiger partial charge in [-0.1, -0.05) is 86.7 Å². The molecule has 1 saturated carbocycles. The average Bonchev–Trinajstić information content (AvgIpc) is 2.98. The summed E-state index contributed by atoms with van der Waals surface area (Å²) < 4.78 is 6.30. The lowest BCUT2D eigenvalue weighted by molar-refractivity contribution is -0.137. The predicted octanol–water partition coefficient (Wildman–Crippen LogP) is 8.45. The smallest absolute Gasteiger partial charge is 0.335 e. The van der Waals surface area contributed by atoms with Crippen LogP contribution in [0.5, 0.6) is 5.75 Å². The maximum Gasteiger partial charge on any atom is 0.335 e. The molecule has 1 aliphatic carbocycles. The number of carbonyl (C=O) groups is 2. The summed E-state index contributed by atoms with van der Waals surface area (Å²) in [5, 5.41) is 18.2. The van der Waals surface area contributed by atoms with Crippen molar-refractivity contribution >= 4 is 11.9 Å². The van der Waals surface area contributed by atoms with Crippen LogP contribution in [0.1, 0.15) is 103 Å². The molecule has 5 nitrogen and oxygen atoms in total. The number of hydrogen-bond acceptors (Lipinski definition) is 3. The molecule has 0 radical (unpaired) electrons. The number of ether oxygens (including phenoxy) is 1. The molecule has 5 heteroatoms. The molecule has 1 atom stereocenters. The fraction of sp³-hybridized carbons (Fsp3) is 0.429. The Labute approximate surface area is 238 Å². The summed E-state index contributed by atoms with van der Waals surface area (Å²) in [6.45, 7) is 0.538. The third kappa shape index (κ3) is 9.25. The molecule has 40 heavy (non-hydrogen) atoms. The highest BCUT2D eigenvalue weighted by Crippen LogP contribution is 2.33. The van der Waals surface area contributed by atoms with Gasteiger partial charge in [-0.15, -0.1) is 0 Å². The van der Waals surface area contributed by atoms with Crippen molar-refractivity contribution < 1.29 is 24.5 Å². The van der Waals surface area contributed by atoms with Crippen molar-refractivity contribution in [2.24, 2.45) is 5.92 Å². The van der Waals surface area contributed by atoms with Crippen molar-refractivity contribution in [2.75, 3.05) is 0 Å². The number of hydrogen-bond donors (Lipinski definition) is 2. The second-order valence-electron chi connectivity index (χ2n) is 11.2. The minimum atomic E-state index is -0.923. The van der Waals surface area contributed by atoms with E-state index in [2.05, 4.69) is 30.3 Å². The summed E-state index contributed by atoms with van der Waals surface area (Å²) in [4.78, 5) is 22.2. The van der Waals surface area contributed by atoms with Crippen LogP contribution in [0.4, 0.5) is 0 Å². The molecule has 0 unspecified atom stereocenters. The normalized spacial score (nSPS) is 14.5. The highest BCUT2D eigenvalue weighted by Gasteiger charge is 2.16. The van der Waals surface area contributed by atoms with Gasteiger partial charge in [0, 0.05) is 6.42 Å². The lowest BCUT2D eigenvalue weighted by Crippen LogP contribution is -2.08. The third-order valence-corrected chi connectivity index (χ3v) is 8.22. The van der Waals surface area contributed by atoms with Crippen LogP contribution < -0.4 is 4.74 Å². The first kappa shape index (κ1) is 29.4. The maximum absolute atomic E-state index is 11.2. The van der Waals surface area contributed by atoms with Crippen molar-refractivity contribution in [2.45, 2.75) is 89.6 Å². The van der Waals surface area contributed by atoms with E-state index in [1.54, 1.807) is 12.1 Å². The molecular formula is C35H42O5. The van der Waals surface area contributed by atoms with E-state index in [1.165, 1.54) is 48.8 Å². The molecule has 212 valence electrons. The highest BCUT2D eigenvalue weighted by molar-refractivity contribution is 5.87. The molecule has 3 aromatic rings. The SMILES string of the molecule is O=C(O)CCCC[C@@H](CCc1ccccc1OCc1ccc(C2CCCCC2)cc1)Cc1ccc(C(=O)O)cc1. The minimum absolute atomic E-state index is 0.193. The predicted molar refractivity (Wildman–Crippen MR) is 158 cm³/mol. The summed E-state index contributed by atoms with van der Waals surface area (Å²) in [7, 11) is 0. The summed E-state index contributed by atoms with van der Waals surface area (Å²) >= 11 is 0. The Balaban J connectivity index is 1.35. The van der Waals surface area contributed by atoms with Gasteiger partial charge in [0.15, 0.2) is 0 Å². The van der Waals surface area contributed by atoms with E-state index < -0.39 is 11.9 Å². The molecule has 2 N–H and O–H groups in total. The largest absolute Gasteiger partial charge is 0.489 e. The summed E-state index contributed by atoms with van der Waals surface area (Å²) in [5.74, 6) is 0.305. The molecule has 0 amide bonds. The van der Waals surface area contributed by atoms with Crippen molar-refractivity contribution in [3.63, 3.8) is 0 Å². The molecule has 1 aliphatic rings. The first-order valence-corrected chi connectivity index (χ1v) is 14.8. The number of unbranched alkanes of at least 4 members (excludes halogenated alkanes) is 1. The molecule has 3 aromatic carbocycles. The average molecular weight is 543 g/mol. The molecule has 4 rings (SSSR count). The number of aryl methyl sites for hydroxylation is 1. The Morgan fingerprint density at radius 3 is 2.20 bits per heavy atom. The van der Waals surface area contributed by atoms with E-state index in [4.69, 9.17) is 9.84 Å². The molecule has 0 saturated heterocycles. The van der Waals surface area contributed by atoms with E-state index in [0.29, 0.717) is 24.9 Å². The lowest BCUT2D eigenvalue weighted by atomic mass is 9.84. The topological polar surface area (TPSA) is 83.8 Å². The van der Waals surface area contributed by atoms with Gasteiger partial charge >= 0.3 is 11.9 Å². The van der Waals surface area contributed by atoms with Crippen LogP contribution >= 0.6 is 0 Å². The van der Waals surface area contributed by atoms with E-state index >= 15 is 0 Å².